The summed E-state index contributed by atoms with van der Waals surface area (Å²) in [6.07, 6.45) is 11.2. The van der Waals surface area contributed by atoms with Crippen molar-refractivity contribution in [3.8, 4) is 0 Å². The maximum atomic E-state index is 13.4. The molecule has 2 fully saturated rings. The topological polar surface area (TPSA) is 43.4 Å². The Hall–Kier alpha value is 0.337. The summed E-state index contributed by atoms with van der Waals surface area (Å²) >= 11 is 2.55. The summed E-state index contributed by atoms with van der Waals surface area (Å²) in [5.74, 6) is 2.36. The molecule has 4 rings (SSSR count). The number of allylic oxidation sites excluding steroid dienone is 1. The van der Waals surface area contributed by atoms with Gasteiger partial charge in [0, 0.05) is 10.5 Å². The van der Waals surface area contributed by atoms with E-state index in [1.165, 1.54) is 46.8 Å². The molecule has 0 unspecified atom stereocenters. The van der Waals surface area contributed by atoms with Crippen LogP contribution < -0.4 is 0 Å². The van der Waals surface area contributed by atoms with Crippen molar-refractivity contribution < 1.29 is 12.8 Å². The summed E-state index contributed by atoms with van der Waals surface area (Å²) in [5.41, 5.74) is 4.21. The van der Waals surface area contributed by atoms with Crippen molar-refractivity contribution >= 4 is 40.7 Å². The highest BCUT2D eigenvalue weighted by Gasteiger charge is 2.51. The minimum Gasteiger partial charge on any atom is -0.414 e. The van der Waals surface area contributed by atoms with Crippen molar-refractivity contribution in [2.75, 3.05) is 10.2 Å². The predicted molar refractivity (Wildman–Crippen MR) is 155 cm³/mol. The number of fused-ring (bicyclic) bond motifs is 1. The molecule has 0 spiro atoms. The van der Waals surface area contributed by atoms with Crippen LogP contribution in [0.2, 0.25) is 18.1 Å². The highest BCUT2D eigenvalue weighted by molar-refractivity contribution is 14.1. The number of hydrogen-bond donors (Lipinski definition) is 0. The van der Waals surface area contributed by atoms with Gasteiger partial charge in [0.15, 0.2) is 18.2 Å². The van der Waals surface area contributed by atoms with Gasteiger partial charge in [-0.2, -0.15) is 0 Å². The first-order chi connectivity index (χ1) is 15.7. The summed E-state index contributed by atoms with van der Waals surface area (Å²) < 4.78 is 34.8. The second-order valence-electron chi connectivity index (χ2n) is 13.6. The van der Waals surface area contributed by atoms with Crippen LogP contribution in [0.3, 0.4) is 0 Å². The van der Waals surface area contributed by atoms with Gasteiger partial charge in [-0.25, -0.2) is 8.42 Å². The average Bonchev–Trinajstić information content (AvgIpc) is 3.20. The number of sulfone groups is 1. The van der Waals surface area contributed by atoms with E-state index in [0.717, 1.165) is 37.5 Å². The molecule has 0 saturated heterocycles. The van der Waals surface area contributed by atoms with Gasteiger partial charge in [-0.3, -0.25) is 0 Å². The highest BCUT2D eigenvalue weighted by Crippen LogP contribution is 2.60. The number of hydrogen-bond acceptors (Lipinski definition) is 3. The molecule has 0 radical (unpaired) electrons. The Labute approximate surface area is 224 Å². The van der Waals surface area contributed by atoms with Crippen LogP contribution in [0.15, 0.2) is 22.8 Å². The van der Waals surface area contributed by atoms with Gasteiger partial charge in [-0.15, -0.1) is 0 Å². The fourth-order valence-electron chi connectivity index (χ4n) is 7.43. The second kappa shape index (κ2) is 9.58. The maximum Gasteiger partial charge on any atom is 0.192 e. The zero-order chi connectivity index (χ0) is 25.1. The quantitative estimate of drug-likeness (QED) is 0.136. The molecule has 0 amide bonds. The fourth-order valence-corrected chi connectivity index (χ4v) is 11.5. The standard InChI is InChI=1S/C28H47IO3SSi/c1-19(17-29)24-12-13-25-20(9-8-14-28(24,25)5)15-26-23-16-22(32-34(6,7)27(2,3)4)11-10-21(23)18-33(26,30)31/h15,19,22,24-26H,8-14,16-18H2,1-7H3/b20-15+/t19-,22+,24-,25+,26+,28-/m1/s1. The zero-order valence-corrected chi connectivity index (χ0v) is 26.5. The Kier molecular flexibility index (Phi) is 7.71. The van der Waals surface area contributed by atoms with E-state index in [1.54, 1.807) is 0 Å². The minimum absolute atomic E-state index is 0.172. The molecule has 2 saturated carbocycles. The lowest BCUT2D eigenvalue weighted by molar-refractivity contribution is 0.106. The fraction of sp³-hybridized carbons (Fsp3) is 0.857. The molecule has 4 aliphatic rings. The molecule has 3 aliphatic carbocycles. The van der Waals surface area contributed by atoms with Gasteiger partial charge in [0.1, 0.15) is 5.25 Å². The van der Waals surface area contributed by atoms with Gasteiger partial charge in [-0.05, 0) is 98.2 Å². The van der Waals surface area contributed by atoms with Gasteiger partial charge in [0.05, 0.1) is 5.75 Å². The molecule has 1 heterocycles. The number of halogens is 1. The van der Waals surface area contributed by atoms with Gasteiger partial charge in [0.25, 0.3) is 0 Å². The lowest BCUT2D eigenvalue weighted by Gasteiger charge is -2.44. The van der Waals surface area contributed by atoms with Gasteiger partial charge < -0.3 is 4.43 Å². The molecule has 34 heavy (non-hydrogen) atoms. The molecule has 3 nitrogen and oxygen atoms in total. The number of alkyl halides is 1. The van der Waals surface area contributed by atoms with Gasteiger partial charge in [-0.1, -0.05) is 74.4 Å². The number of rotatable bonds is 5. The Morgan fingerprint density at radius 3 is 2.56 bits per heavy atom. The van der Waals surface area contributed by atoms with E-state index in [-0.39, 0.29) is 16.9 Å². The van der Waals surface area contributed by atoms with Crippen LogP contribution >= 0.6 is 22.6 Å². The van der Waals surface area contributed by atoms with Crippen molar-refractivity contribution in [3.63, 3.8) is 0 Å². The minimum atomic E-state index is -3.14. The molecule has 6 heteroatoms. The Morgan fingerprint density at radius 1 is 1.21 bits per heavy atom. The largest absolute Gasteiger partial charge is 0.414 e. The molecule has 0 aromatic heterocycles. The van der Waals surface area contributed by atoms with Crippen LogP contribution in [0.1, 0.15) is 86.0 Å². The highest BCUT2D eigenvalue weighted by atomic mass is 127. The third kappa shape index (κ3) is 4.92. The van der Waals surface area contributed by atoms with Crippen LogP contribution in [0.25, 0.3) is 0 Å². The van der Waals surface area contributed by atoms with Crippen molar-refractivity contribution in [2.45, 2.75) is 115 Å². The Morgan fingerprint density at radius 2 is 1.91 bits per heavy atom. The van der Waals surface area contributed by atoms with Crippen molar-refractivity contribution in [2.24, 2.45) is 23.2 Å². The summed E-state index contributed by atoms with van der Waals surface area (Å²) in [5, 5.41) is -0.224. The third-order valence-corrected chi connectivity index (χ3v) is 18.2. The lowest BCUT2D eigenvalue weighted by atomic mass is 9.61. The van der Waals surface area contributed by atoms with Crippen LogP contribution in [0.4, 0.5) is 0 Å². The van der Waals surface area contributed by atoms with E-state index < -0.39 is 23.4 Å². The summed E-state index contributed by atoms with van der Waals surface area (Å²) in [6, 6.07) is 0. The molecule has 0 aromatic rings. The summed E-state index contributed by atoms with van der Waals surface area (Å²) in [4.78, 5) is 0. The smallest absolute Gasteiger partial charge is 0.192 e. The first-order valence-electron chi connectivity index (χ1n) is 13.6. The molecule has 1 aliphatic heterocycles. The summed E-state index contributed by atoms with van der Waals surface area (Å²) in [7, 11) is -5.02. The van der Waals surface area contributed by atoms with E-state index in [0.29, 0.717) is 11.3 Å². The maximum absolute atomic E-state index is 13.4. The predicted octanol–water partition coefficient (Wildman–Crippen LogP) is 7.87. The van der Waals surface area contributed by atoms with Gasteiger partial charge in [0.2, 0.25) is 0 Å². The molecule has 0 N–H and O–H groups in total. The normalized spacial score (nSPS) is 38.2. The van der Waals surface area contributed by atoms with E-state index in [4.69, 9.17) is 4.43 Å². The monoisotopic (exact) mass is 618 g/mol. The molecule has 6 atom stereocenters. The SMILES string of the molecule is C[C@H](CI)[C@H]1CC[C@H]2/C(=C/[C@H]3C4=C(CC[C@H](O[Si](C)(C)C(C)(C)C)C4)CS3(=O)=O)CCC[C@]12C. The van der Waals surface area contributed by atoms with E-state index in [2.05, 4.69) is 76.4 Å². The third-order valence-electron chi connectivity index (χ3n) is 10.4. The first kappa shape index (κ1) is 27.4. The van der Waals surface area contributed by atoms with Crippen molar-refractivity contribution in [1.29, 1.82) is 0 Å². The van der Waals surface area contributed by atoms with Crippen LogP contribution in [0, 0.1) is 23.2 Å². The second-order valence-corrected chi connectivity index (χ2v) is 21.3. The van der Waals surface area contributed by atoms with E-state index in [9.17, 15) is 8.42 Å². The molecular weight excluding hydrogens is 571 g/mol. The lowest BCUT2D eigenvalue weighted by Crippen LogP contribution is -2.44. The van der Waals surface area contributed by atoms with Gasteiger partial charge >= 0.3 is 0 Å². The van der Waals surface area contributed by atoms with Crippen molar-refractivity contribution in [1.82, 2.24) is 0 Å². The van der Waals surface area contributed by atoms with Crippen LogP contribution in [-0.2, 0) is 14.3 Å². The van der Waals surface area contributed by atoms with Crippen molar-refractivity contribution in [3.05, 3.63) is 22.8 Å². The van der Waals surface area contributed by atoms with Crippen LogP contribution in [0.5, 0.6) is 0 Å². The summed E-state index contributed by atoms with van der Waals surface area (Å²) in [6.45, 7) is 16.4. The Balaban J connectivity index is 1.59. The molecule has 0 aromatic carbocycles. The van der Waals surface area contributed by atoms with E-state index in [1.807, 2.05) is 0 Å². The molecular formula is C28H47IO3SSi. The van der Waals surface area contributed by atoms with Crippen LogP contribution in [-0.4, -0.2) is 38.3 Å². The Bertz CT molecular complexity index is 961. The molecule has 194 valence electrons. The first-order valence-corrected chi connectivity index (χ1v) is 19.7. The average molecular weight is 619 g/mol. The van der Waals surface area contributed by atoms with E-state index >= 15 is 0 Å². The zero-order valence-electron chi connectivity index (χ0n) is 22.5. The molecule has 0 bridgehead atoms.